The Morgan fingerprint density at radius 2 is 2.05 bits per heavy atom. The molecule has 1 aliphatic carbocycles. The summed E-state index contributed by atoms with van der Waals surface area (Å²) in [6.45, 7) is 0. The van der Waals surface area contributed by atoms with E-state index in [-0.39, 0.29) is 22.9 Å². The number of amides is 1. The van der Waals surface area contributed by atoms with Crippen LogP contribution in [0.5, 0.6) is 0 Å². The summed E-state index contributed by atoms with van der Waals surface area (Å²) in [5.74, 6) is -0.326. The zero-order valence-corrected chi connectivity index (χ0v) is 13.1. The maximum absolute atomic E-state index is 12.4. The zero-order chi connectivity index (χ0) is 15.6. The summed E-state index contributed by atoms with van der Waals surface area (Å²) in [6, 6.07) is 0.971. The van der Waals surface area contributed by atoms with E-state index in [4.69, 9.17) is 5.73 Å². The van der Waals surface area contributed by atoms with Crippen LogP contribution >= 0.6 is 0 Å². The van der Waals surface area contributed by atoms with E-state index in [1.54, 1.807) is 7.05 Å². The van der Waals surface area contributed by atoms with E-state index < -0.39 is 10.0 Å². The summed E-state index contributed by atoms with van der Waals surface area (Å²) in [6.07, 6.45) is 5.01. The van der Waals surface area contributed by atoms with E-state index in [2.05, 4.69) is 10.0 Å². The number of aromatic nitrogens is 1. The van der Waals surface area contributed by atoms with Gasteiger partial charge in [-0.25, -0.2) is 13.1 Å². The molecule has 0 saturated heterocycles. The number of sulfonamides is 1. The second-order valence-electron chi connectivity index (χ2n) is 5.43. The first kappa shape index (κ1) is 16.0. The van der Waals surface area contributed by atoms with Crippen LogP contribution in [0.2, 0.25) is 0 Å². The molecule has 0 spiro atoms. The number of nitrogens with zero attached hydrogens (tertiary/aromatic N) is 1. The molecule has 1 fully saturated rings. The van der Waals surface area contributed by atoms with Crippen molar-refractivity contribution in [1.29, 1.82) is 0 Å². The van der Waals surface area contributed by atoms with Crippen molar-refractivity contribution in [2.75, 3.05) is 7.05 Å². The fourth-order valence-corrected chi connectivity index (χ4v) is 4.00. The molecule has 0 aromatic carbocycles. The van der Waals surface area contributed by atoms with Crippen LogP contribution < -0.4 is 15.8 Å². The molecule has 1 saturated carbocycles. The molecule has 7 nitrogen and oxygen atoms in total. The lowest BCUT2D eigenvalue weighted by atomic mass is 9.92. The minimum atomic E-state index is -3.67. The highest BCUT2D eigenvalue weighted by molar-refractivity contribution is 7.89. The molecule has 1 heterocycles. The number of carbonyl (C=O) groups is 1. The van der Waals surface area contributed by atoms with Gasteiger partial charge in [0.15, 0.2) is 0 Å². The average molecular weight is 314 g/mol. The topological polar surface area (TPSA) is 106 Å². The molecule has 1 amide bonds. The summed E-state index contributed by atoms with van der Waals surface area (Å²) in [5.41, 5.74) is 6.27. The second-order valence-corrected chi connectivity index (χ2v) is 7.14. The van der Waals surface area contributed by atoms with Crippen LogP contribution in [0, 0.1) is 0 Å². The van der Waals surface area contributed by atoms with Gasteiger partial charge < -0.3 is 15.6 Å². The van der Waals surface area contributed by atoms with E-state index in [9.17, 15) is 13.2 Å². The number of rotatable bonds is 4. The van der Waals surface area contributed by atoms with Crippen LogP contribution in [-0.4, -0.2) is 38.0 Å². The minimum Gasteiger partial charge on any atom is -0.354 e. The predicted octanol–water partition coefficient (Wildman–Crippen LogP) is -0.0671. The molecule has 21 heavy (non-hydrogen) atoms. The summed E-state index contributed by atoms with van der Waals surface area (Å²) < 4.78 is 29.0. The van der Waals surface area contributed by atoms with Gasteiger partial charge in [-0.3, -0.25) is 4.79 Å². The monoisotopic (exact) mass is 314 g/mol. The average Bonchev–Trinajstić information content (AvgIpc) is 2.83. The summed E-state index contributed by atoms with van der Waals surface area (Å²) in [5, 5.41) is 2.48. The lowest BCUT2D eigenvalue weighted by molar-refractivity contribution is 0.0955. The minimum absolute atomic E-state index is 0.0846. The third-order valence-corrected chi connectivity index (χ3v) is 5.33. The zero-order valence-electron chi connectivity index (χ0n) is 12.3. The van der Waals surface area contributed by atoms with Crippen LogP contribution in [0.4, 0.5) is 0 Å². The normalized spacial score (nSPS) is 23.0. The largest absolute Gasteiger partial charge is 0.354 e. The van der Waals surface area contributed by atoms with Gasteiger partial charge in [0.2, 0.25) is 10.0 Å². The molecule has 0 unspecified atom stereocenters. The van der Waals surface area contributed by atoms with Crippen molar-refractivity contribution in [3.63, 3.8) is 0 Å². The Bertz CT molecular complexity index is 623. The first-order valence-electron chi connectivity index (χ1n) is 7.01. The van der Waals surface area contributed by atoms with Gasteiger partial charge in [0, 0.05) is 32.4 Å². The Labute approximate surface area is 124 Å². The van der Waals surface area contributed by atoms with Crippen molar-refractivity contribution in [2.24, 2.45) is 12.8 Å². The second kappa shape index (κ2) is 6.17. The fourth-order valence-electron chi connectivity index (χ4n) is 2.61. The molecule has 2 rings (SSSR count). The maximum atomic E-state index is 12.4. The molecule has 8 heteroatoms. The third-order valence-electron chi connectivity index (χ3n) is 3.88. The maximum Gasteiger partial charge on any atom is 0.267 e. The van der Waals surface area contributed by atoms with Crippen molar-refractivity contribution in [3.05, 3.63) is 18.0 Å². The highest BCUT2D eigenvalue weighted by Gasteiger charge is 2.28. The quantitative estimate of drug-likeness (QED) is 0.723. The fraction of sp³-hybridized carbons (Fsp3) is 0.615. The number of nitrogens with two attached hydrogens (primary N) is 1. The molecule has 1 aliphatic rings. The first-order chi connectivity index (χ1) is 9.85. The number of hydrogen-bond acceptors (Lipinski definition) is 4. The van der Waals surface area contributed by atoms with Crippen molar-refractivity contribution in [2.45, 2.75) is 42.7 Å². The van der Waals surface area contributed by atoms with Crippen LogP contribution in [-0.2, 0) is 17.1 Å². The predicted molar refractivity (Wildman–Crippen MR) is 79.4 cm³/mol. The number of carbonyl (C=O) groups excluding carboxylic acids is 1. The van der Waals surface area contributed by atoms with Gasteiger partial charge in [0.25, 0.3) is 5.91 Å². The lowest BCUT2D eigenvalue weighted by Crippen LogP contribution is -2.49. The van der Waals surface area contributed by atoms with E-state index in [1.165, 1.54) is 23.9 Å². The smallest absolute Gasteiger partial charge is 0.267 e. The Kier molecular flexibility index (Phi) is 4.70. The SMILES string of the molecule is CNC(=O)c1cc(S(=O)(=O)N[C@@H]2CCCC[C@H]2N)cn1C. The van der Waals surface area contributed by atoms with Gasteiger partial charge in [0.05, 0.1) is 0 Å². The van der Waals surface area contributed by atoms with Crippen LogP contribution in [0.25, 0.3) is 0 Å². The number of aryl methyl sites for hydroxylation is 1. The lowest BCUT2D eigenvalue weighted by Gasteiger charge is -2.28. The van der Waals surface area contributed by atoms with Gasteiger partial charge in [-0.15, -0.1) is 0 Å². The molecule has 2 atom stereocenters. The first-order valence-corrected chi connectivity index (χ1v) is 8.50. The highest BCUT2D eigenvalue weighted by Crippen LogP contribution is 2.20. The number of hydrogen-bond donors (Lipinski definition) is 3. The molecular formula is C13H22N4O3S. The van der Waals surface area contributed by atoms with Crippen molar-refractivity contribution >= 4 is 15.9 Å². The molecule has 0 bridgehead atoms. The van der Waals surface area contributed by atoms with Gasteiger partial charge in [0.1, 0.15) is 10.6 Å². The van der Waals surface area contributed by atoms with Crippen LogP contribution in [0.1, 0.15) is 36.2 Å². The van der Waals surface area contributed by atoms with E-state index in [1.807, 2.05) is 0 Å². The summed E-state index contributed by atoms with van der Waals surface area (Å²) in [7, 11) is -0.529. The van der Waals surface area contributed by atoms with Gasteiger partial charge >= 0.3 is 0 Å². The molecule has 1 aromatic rings. The van der Waals surface area contributed by atoms with E-state index in [0.717, 1.165) is 25.7 Å². The summed E-state index contributed by atoms with van der Waals surface area (Å²) >= 11 is 0. The van der Waals surface area contributed by atoms with E-state index in [0.29, 0.717) is 5.69 Å². The van der Waals surface area contributed by atoms with Gasteiger partial charge in [-0.2, -0.15) is 0 Å². The van der Waals surface area contributed by atoms with Gasteiger partial charge in [-0.05, 0) is 18.9 Å². The molecule has 118 valence electrons. The molecule has 1 aromatic heterocycles. The number of nitrogens with one attached hydrogen (secondary N) is 2. The molecule has 0 aliphatic heterocycles. The Balaban J connectivity index is 2.21. The van der Waals surface area contributed by atoms with Crippen molar-refractivity contribution < 1.29 is 13.2 Å². The van der Waals surface area contributed by atoms with E-state index >= 15 is 0 Å². The Morgan fingerprint density at radius 1 is 1.38 bits per heavy atom. The molecular weight excluding hydrogens is 292 g/mol. The van der Waals surface area contributed by atoms with Gasteiger partial charge in [-0.1, -0.05) is 12.8 Å². The molecule has 4 N–H and O–H groups in total. The summed E-state index contributed by atoms with van der Waals surface area (Å²) in [4.78, 5) is 11.7. The third kappa shape index (κ3) is 3.45. The highest BCUT2D eigenvalue weighted by atomic mass is 32.2. The van der Waals surface area contributed by atoms with Crippen molar-refractivity contribution in [3.8, 4) is 0 Å². The van der Waals surface area contributed by atoms with Crippen LogP contribution in [0.3, 0.4) is 0 Å². The Hall–Kier alpha value is -1.38. The Morgan fingerprint density at radius 3 is 2.67 bits per heavy atom. The molecule has 0 radical (unpaired) electrons. The standard InChI is InChI=1S/C13H22N4O3S/c1-15-13(18)12-7-9(8-17(12)2)21(19,20)16-11-6-4-3-5-10(11)14/h7-8,10-11,16H,3-6,14H2,1-2H3,(H,15,18)/t10-,11-/m1/s1. The van der Waals surface area contributed by atoms with Crippen molar-refractivity contribution in [1.82, 2.24) is 14.6 Å². The van der Waals surface area contributed by atoms with Crippen LogP contribution in [0.15, 0.2) is 17.2 Å².